The number of Topliss-reactive ketones (excluding diaryl/α,β-unsaturated/α-hetero) is 1. The van der Waals surface area contributed by atoms with Gasteiger partial charge in [-0.1, -0.05) is 58.6 Å². The highest BCUT2D eigenvalue weighted by Gasteiger charge is 2.43. The lowest BCUT2D eigenvalue weighted by Crippen LogP contribution is -2.37. The summed E-state index contributed by atoms with van der Waals surface area (Å²) in [5, 5.41) is 10.4. The van der Waals surface area contributed by atoms with E-state index in [4.69, 9.17) is 23.7 Å². The summed E-state index contributed by atoms with van der Waals surface area (Å²) in [5.41, 5.74) is -0.652. The minimum absolute atomic E-state index is 0.0117. The fourth-order valence-electron chi connectivity index (χ4n) is 6.62. The van der Waals surface area contributed by atoms with Crippen LogP contribution in [0.1, 0.15) is 138 Å². The maximum Gasteiger partial charge on any atom is 0.308 e. The van der Waals surface area contributed by atoms with E-state index < -0.39 is 11.7 Å². The van der Waals surface area contributed by atoms with Gasteiger partial charge in [0, 0.05) is 31.5 Å². The zero-order valence-corrected chi connectivity index (χ0v) is 28.5. The van der Waals surface area contributed by atoms with E-state index in [9.17, 15) is 14.7 Å². The molecular formula is C36H62O8. The molecule has 0 radical (unpaired) electrons. The molecule has 0 bridgehead atoms. The Morgan fingerprint density at radius 3 is 2.30 bits per heavy atom. The molecular weight excluding hydrogens is 560 g/mol. The molecule has 3 aliphatic rings. The number of hydrogen-bond donors (Lipinski definition) is 1. The molecule has 3 fully saturated rings. The molecule has 0 aromatic carbocycles. The van der Waals surface area contributed by atoms with Crippen molar-refractivity contribution in [1.29, 1.82) is 0 Å². The maximum atomic E-state index is 13.4. The number of esters is 1. The van der Waals surface area contributed by atoms with Crippen molar-refractivity contribution in [3.8, 4) is 0 Å². The Morgan fingerprint density at radius 2 is 1.68 bits per heavy atom. The molecule has 1 saturated carbocycles. The highest BCUT2D eigenvalue weighted by molar-refractivity contribution is 5.84. The van der Waals surface area contributed by atoms with Crippen molar-refractivity contribution in [1.82, 2.24) is 0 Å². The number of aliphatic hydroxyl groups is 1. The van der Waals surface area contributed by atoms with Gasteiger partial charge in [-0.2, -0.15) is 0 Å². The van der Waals surface area contributed by atoms with Crippen LogP contribution in [-0.4, -0.2) is 66.6 Å². The molecule has 254 valence electrons. The zero-order valence-electron chi connectivity index (χ0n) is 28.5. The Kier molecular flexibility index (Phi) is 15.3. The molecule has 2 heterocycles. The van der Waals surface area contributed by atoms with Crippen LogP contribution >= 0.6 is 0 Å². The van der Waals surface area contributed by atoms with Gasteiger partial charge in [0.1, 0.15) is 11.4 Å². The summed E-state index contributed by atoms with van der Waals surface area (Å²) in [7, 11) is 0. The van der Waals surface area contributed by atoms with Gasteiger partial charge in [0.15, 0.2) is 12.6 Å². The number of hydrogen-bond acceptors (Lipinski definition) is 8. The minimum atomic E-state index is -0.746. The second kappa shape index (κ2) is 18.1. The van der Waals surface area contributed by atoms with Crippen LogP contribution < -0.4 is 0 Å². The highest BCUT2D eigenvalue weighted by Crippen LogP contribution is 2.39. The normalized spacial score (nSPS) is 28.3. The SMILES string of the molecule is CCCCC(C)(C)[C@@H](/C=C/[C@H]1[C@H](OC2CCCCO2)CC(=O)[C@@H]1CCCCC(O)CC(=O)OC(C)(C)C)OC1CCCCO1. The van der Waals surface area contributed by atoms with Gasteiger partial charge in [0.25, 0.3) is 0 Å². The van der Waals surface area contributed by atoms with Crippen molar-refractivity contribution < 1.29 is 38.4 Å². The highest BCUT2D eigenvalue weighted by atomic mass is 16.7. The van der Waals surface area contributed by atoms with Gasteiger partial charge in [-0.15, -0.1) is 0 Å². The van der Waals surface area contributed by atoms with Crippen molar-refractivity contribution in [3.05, 3.63) is 12.2 Å². The molecule has 2 aliphatic heterocycles. The van der Waals surface area contributed by atoms with Gasteiger partial charge in [0.05, 0.1) is 24.7 Å². The zero-order chi connectivity index (χ0) is 32.2. The molecule has 0 aromatic heterocycles. The molecule has 44 heavy (non-hydrogen) atoms. The van der Waals surface area contributed by atoms with Gasteiger partial charge in [0.2, 0.25) is 0 Å². The van der Waals surface area contributed by atoms with Crippen molar-refractivity contribution >= 4 is 11.8 Å². The molecule has 8 heteroatoms. The summed E-state index contributed by atoms with van der Waals surface area (Å²) in [5.74, 6) is -0.385. The summed E-state index contributed by atoms with van der Waals surface area (Å²) in [6, 6.07) is 0. The van der Waals surface area contributed by atoms with E-state index >= 15 is 0 Å². The molecule has 3 rings (SSSR count). The molecule has 7 atom stereocenters. The van der Waals surface area contributed by atoms with E-state index in [1.807, 2.05) is 20.8 Å². The average molecular weight is 623 g/mol. The molecule has 3 unspecified atom stereocenters. The monoisotopic (exact) mass is 622 g/mol. The van der Waals surface area contributed by atoms with E-state index in [1.165, 1.54) is 0 Å². The topological polar surface area (TPSA) is 101 Å². The Labute approximate surface area is 266 Å². The van der Waals surface area contributed by atoms with Gasteiger partial charge >= 0.3 is 5.97 Å². The first kappa shape index (κ1) is 37.1. The Balaban J connectivity index is 1.69. The van der Waals surface area contributed by atoms with Crippen LogP contribution in [0.2, 0.25) is 0 Å². The first-order chi connectivity index (χ1) is 20.9. The van der Waals surface area contributed by atoms with Crippen LogP contribution in [0.25, 0.3) is 0 Å². The number of carbonyl (C=O) groups excluding carboxylic acids is 2. The van der Waals surface area contributed by atoms with Gasteiger partial charge in [-0.3, -0.25) is 9.59 Å². The predicted octanol–water partition coefficient (Wildman–Crippen LogP) is 7.44. The van der Waals surface area contributed by atoms with E-state index in [0.29, 0.717) is 19.4 Å². The van der Waals surface area contributed by atoms with Gasteiger partial charge < -0.3 is 28.8 Å². The summed E-state index contributed by atoms with van der Waals surface area (Å²) < 4.78 is 30.3. The van der Waals surface area contributed by atoms with Crippen LogP contribution in [-0.2, 0) is 33.3 Å². The first-order valence-electron chi connectivity index (χ1n) is 17.5. The average Bonchev–Trinajstić information content (AvgIpc) is 3.25. The second-order valence-corrected chi connectivity index (χ2v) is 14.9. The molecule has 2 saturated heterocycles. The second-order valence-electron chi connectivity index (χ2n) is 14.9. The van der Waals surface area contributed by atoms with Crippen molar-refractivity contribution in [3.63, 3.8) is 0 Å². The fraction of sp³-hybridized carbons (Fsp3) is 0.889. The lowest BCUT2D eigenvalue weighted by atomic mass is 9.80. The number of ether oxygens (including phenoxy) is 5. The number of carbonyl (C=O) groups is 2. The molecule has 8 nitrogen and oxygen atoms in total. The fourth-order valence-corrected chi connectivity index (χ4v) is 6.62. The van der Waals surface area contributed by atoms with Crippen LogP contribution in [0.5, 0.6) is 0 Å². The van der Waals surface area contributed by atoms with Crippen LogP contribution in [0.4, 0.5) is 0 Å². The Bertz CT molecular complexity index is 881. The third-order valence-electron chi connectivity index (χ3n) is 9.19. The van der Waals surface area contributed by atoms with E-state index in [2.05, 4.69) is 32.9 Å². The number of aliphatic hydroxyl groups excluding tert-OH is 1. The molecule has 0 amide bonds. The third-order valence-corrected chi connectivity index (χ3v) is 9.19. The quantitative estimate of drug-likeness (QED) is 0.101. The third kappa shape index (κ3) is 12.8. The minimum Gasteiger partial charge on any atom is -0.460 e. The number of ketones is 1. The van der Waals surface area contributed by atoms with Crippen LogP contribution in [0.15, 0.2) is 12.2 Å². The van der Waals surface area contributed by atoms with Crippen molar-refractivity contribution in [2.75, 3.05) is 13.2 Å². The van der Waals surface area contributed by atoms with Gasteiger partial charge in [-0.05, 0) is 84.0 Å². The summed E-state index contributed by atoms with van der Waals surface area (Å²) >= 11 is 0. The standard InChI is InChI=1S/C36H62O8/c1-7-8-21-36(5,6)31(43-34-18-12-14-23-41-34)20-19-28-27(29(38)25-30(28)42-33-17-11-13-22-40-33)16-10-9-15-26(37)24-32(39)44-35(2,3)4/h19-20,26-28,30-31,33-34,37H,7-18,21-25H2,1-6H3/b20-19+/t26?,27-,28-,30-,31-,33?,34?/m1/s1. The Hall–Kier alpha value is -1.32. The van der Waals surface area contributed by atoms with Crippen LogP contribution in [0.3, 0.4) is 0 Å². The van der Waals surface area contributed by atoms with Crippen molar-refractivity contribution in [2.24, 2.45) is 17.3 Å². The molecule has 0 spiro atoms. The summed E-state index contributed by atoms with van der Waals surface area (Å²) in [6.45, 7) is 13.7. The van der Waals surface area contributed by atoms with E-state index in [-0.39, 0.29) is 60.2 Å². The molecule has 1 N–H and O–H groups in total. The smallest absolute Gasteiger partial charge is 0.308 e. The largest absolute Gasteiger partial charge is 0.460 e. The number of rotatable bonds is 17. The van der Waals surface area contributed by atoms with Gasteiger partial charge in [-0.25, -0.2) is 0 Å². The molecule has 1 aliphatic carbocycles. The van der Waals surface area contributed by atoms with E-state index in [0.717, 1.165) is 83.7 Å². The van der Waals surface area contributed by atoms with E-state index in [1.54, 1.807) is 0 Å². The van der Waals surface area contributed by atoms with Crippen LogP contribution in [0, 0.1) is 17.3 Å². The lowest BCUT2D eigenvalue weighted by Gasteiger charge is -2.36. The number of unbranched alkanes of at least 4 members (excludes halogenated alkanes) is 2. The van der Waals surface area contributed by atoms with Crippen molar-refractivity contribution in [2.45, 2.75) is 174 Å². The maximum absolute atomic E-state index is 13.4. The lowest BCUT2D eigenvalue weighted by molar-refractivity contribution is -0.198. The first-order valence-corrected chi connectivity index (χ1v) is 17.5. The summed E-state index contributed by atoms with van der Waals surface area (Å²) in [4.78, 5) is 25.5. The Morgan fingerprint density at radius 1 is 1.00 bits per heavy atom. The predicted molar refractivity (Wildman–Crippen MR) is 171 cm³/mol. The summed E-state index contributed by atoms with van der Waals surface area (Å²) in [6.07, 6.45) is 15.3. The molecule has 0 aromatic rings.